The second kappa shape index (κ2) is 4.94. The fourth-order valence-electron chi connectivity index (χ4n) is 1.46. The summed E-state index contributed by atoms with van der Waals surface area (Å²) < 4.78 is 14.1. The summed E-state index contributed by atoms with van der Waals surface area (Å²) in [7, 11) is -0.867. The Bertz CT molecular complexity index is 155. The van der Waals surface area contributed by atoms with Crippen molar-refractivity contribution in [3.8, 4) is 0 Å². The van der Waals surface area contributed by atoms with Crippen LogP contribution >= 0.6 is 0 Å². The molecule has 1 unspecified atom stereocenters. The van der Waals surface area contributed by atoms with Crippen LogP contribution in [-0.4, -0.2) is 27.2 Å². The van der Waals surface area contributed by atoms with Gasteiger partial charge in [0.05, 0.1) is 17.1 Å². The van der Waals surface area contributed by atoms with Crippen molar-refractivity contribution in [1.29, 1.82) is 0 Å². The quantitative estimate of drug-likeness (QED) is 0.685. The Morgan fingerprint density at radius 3 is 2.50 bits per heavy atom. The Balaban J connectivity index is 2.21. The highest BCUT2D eigenvalue weighted by atomic mass is 32.2. The molecule has 0 aromatic carbocycles. The van der Waals surface area contributed by atoms with Crippen LogP contribution in [0, 0.1) is 0 Å². The van der Waals surface area contributed by atoms with E-state index in [0.29, 0.717) is 11.8 Å². The van der Waals surface area contributed by atoms with Gasteiger partial charge in [0, 0.05) is 11.8 Å². The van der Waals surface area contributed by atoms with E-state index in [1.54, 1.807) is 0 Å². The lowest BCUT2D eigenvalue weighted by atomic mass is 9.94. The van der Waals surface area contributed by atoms with Gasteiger partial charge in [-0.1, -0.05) is 6.92 Å². The van der Waals surface area contributed by atoms with Crippen LogP contribution in [0.15, 0.2) is 0 Å². The van der Waals surface area contributed by atoms with Gasteiger partial charge in [-0.25, -0.2) is 8.93 Å². The Morgan fingerprint density at radius 1 is 1.42 bits per heavy atom. The second-order valence-corrected chi connectivity index (χ2v) is 4.76. The molecule has 4 heteroatoms. The molecule has 12 heavy (non-hydrogen) atoms. The maximum atomic E-state index is 11.1. The zero-order valence-corrected chi connectivity index (χ0v) is 8.27. The molecule has 1 aliphatic carbocycles. The molecular formula is C8H17NO2S. The molecule has 2 N–H and O–H groups in total. The Hall–Kier alpha value is 0.0700. The lowest BCUT2D eigenvalue weighted by Crippen LogP contribution is -2.36. The smallest absolute Gasteiger partial charge is 0.0915 e. The molecule has 0 heterocycles. The molecule has 1 rings (SSSR count). The first-order chi connectivity index (χ1) is 5.72. The SMILES string of the molecule is CCS(=O)NC1CCC(O)CC1. The summed E-state index contributed by atoms with van der Waals surface area (Å²) in [6.45, 7) is 1.90. The molecule has 0 aromatic rings. The van der Waals surface area contributed by atoms with Gasteiger partial charge in [-0.15, -0.1) is 0 Å². The summed E-state index contributed by atoms with van der Waals surface area (Å²) >= 11 is 0. The van der Waals surface area contributed by atoms with E-state index in [4.69, 9.17) is 0 Å². The van der Waals surface area contributed by atoms with Crippen molar-refractivity contribution in [2.45, 2.75) is 44.8 Å². The van der Waals surface area contributed by atoms with Crippen molar-refractivity contribution >= 4 is 11.0 Å². The van der Waals surface area contributed by atoms with Gasteiger partial charge < -0.3 is 5.11 Å². The predicted octanol–water partition coefficient (Wildman–Crippen LogP) is 0.563. The van der Waals surface area contributed by atoms with Crippen molar-refractivity contribution in [3.05, 3.63) is 0 Å². The molecule has 0 aromatic heterocycles. The molecule has 0 spiro atoms. The Kier molecular flexibility index (Phi) is 4.18. The van der Waals surface area contributed by atoms with Crippen molar-refractivity contribution in [2.24, 2.45) is 0 Å². The molecule has 3 nitrogen and oxygen atoms in total. The molecule has 0 bridgehead atoms. The highest BCUT2D eigenvalue weighted by Gasteiger charge is 2.19. The first-order valence-corrected chi connectivity index (χ1v) is 5.87. The highest BCUT2D eigenvalue weighted by molar-refractivity contribution is 7.82. The molecule has 0 amide bonds. The molecule has 1 aliphatic rings. The van der Waals surface area contributed by atoms with Gasteiger partial charge in [0.25, 0.3) is 0 Å². The number of nitrogens with one attached hydrogen (secondary N) is 1. The predicted molar refractivity (Wildman–Crippen MR) is 50.1 cm³/mol. The van der Waals surface area contributed by atoms with Crippen LogP contribution in [0.3, 0.4) is 0 Å². The molecule has 1 fully saturated rings. The summed E-state index contributed by atoms with van der Waals surface area (Å²) in [5.74, 6) is 0.666. The average Bonchev–Trinajstić information content (AvgIpc) is 2.09. The normalized spacial score (nSPS) is 33.2. The van der Waals surface area contributed by atoms with Crippen LogP contribution in [-0.2, 0) is 11.0 Å². The van der Waals surface area contributed by atoms with Crippen LogP contribution in [0.1, 0.15) is 32.6 Å². The van der Waals surface area contributed by atoms with E-state index in [0.717, 1.165) is 25.7 Å². The minimum absolute atomic E-state index is 0.127. The molecule has 1 saturated carbocycles. The third-order valence-electron chi connectivity index (χ3n) is 2.26. The third-order valence-corrected chi connectivity index (χ3v) is 3.38. The van der Waals surface area contributed by atoms with E-state index in [1.807, 2.05) is 6.92 Å². The van der Waals surface area contributed by atoms with Crippen molar-refractivity contribution in [2.75, 3.05) is 5.75 Å². The molecule has 72 valence electrons. The Labute approximate surface area is 76.1 Å². The maximum Gasteiger partial charge on any atom is 0.0915 e. The van der Waals surface area contributed by atoms with Gasteiger partial charge in [-0.3, -0.25) is 0 Å². The van der Waals surface area contributed by atoms with E-state index in [1.165, 1.54) is 0 Å². The topological polar surface area (TPSA) is 49.3 Å². The van der Waals surface area contributed by atoms with Gasteiger partial charge in [0.2, 0.25) is 0 Å². The lowest BCUT2D eigenvalue weighted by molar-refractivity contribution is 0.121. The first kappa shape index (κ1) is 10.2. The van der Waals surface area contributed by atoms with Gasteiger partial charge in [-0.05, 0) is 25.7 Å². The highest BCUT2D eigenvalue weighted by Crippen LogP contribution is 2.18. The summed E-state index contributed by atoms with van der Waals surface area (Å²) in [6, 6.07) is 0.356. The van der Waals surface area contributed by atoms with E-state index in [2.05, 4.69) is 4.72 Å². The standard InChI is InChI=1S/C8H17NO2S/c1-2-12(11)9-7-3-5-8(10)6-4-7/h7-10H,2-6H2,1H3. The van der Waals surface area contributed by atoms with Gasteiger partial charge in [0.15, 0.2) is 0 Å². The number of hydrogen-bond donors (Lipinski definition) is 2. The number of rotatable bonds is 3. The first-order valence-electron chi connectivity index (χ1n) is 4.55. The number of hydrogen-bond acceptors (Lipinski definition) is 2. The monoisotopic (exact) mass is 191 g/mol. The number of aliphatic hydroxyl groups is 1. The fraction of sp³-hybridized carbons (Fsp3) is 1.00. The number of aliphatic hydroxyl groups excluding tert-OH is 1. The summed E-state index contributed by atoms with van der Waals surface area (Å²) in [5, 5.41) is 9.21. The Morgan fingerprint density at radius 2 is 2.00 bits per heavy atom. The van der Waals surface area contributed by atoms with Crippen LogP contribution in [0.4, 0.5) is 0 Å². The van der Waals surface area contributed by atoms with Crippen LogP contribution in [0.5, 0.6) is 0 Å². The van der Waals surface area contributed by atoms with Crippen molar-refractivity contribution in [1.82, 2.24) is 4.72 Å². The van der Waals surface area contributed by atoms with E-state index >= 15 is 0 Å². The zero-order chi connectivity index (χ0) is 8.97. The molecule has 0 saturated heterocycles. The molecular weight excluding hydrogens is 174 g/mol. The molecule has 1 atom stereocenters. The summed E-state index contributed by atoms with van der Waals surface area (Å²) in [4.78, 5) is 0. The van der Waals surface area contributed by atoms with Gasteiger partial charge >= 0.3 is 0 Å². The van der Waals surface area contributed by atoms with E-state index in [9.17, 15) is 9.32 Å². The molecule has 0 radical (unpaired) electrons. The zero-order valence-electron chi connectivity index (χ0n) is 7.45. The fourth-order valence-corrected chi connectivity index (χ4v) is 2.24. The second-order valence-electron chi connectivity index (χ2n) is 3.26. The molecule has 0 aliphatic heterocycles. The van der Waals surface area contributed by atoms with E-state index in [-0.39, 0.29) is 6.10 Å². The van der Waals surface area contributed by atoms with Crippen molar-refractivity contribution in [3.63, 3.8) is 0 Å². The lowest BCUT2D eigenvalue weighted by Gasteiger charge is -2.25. The van der Waals surface area contributed by atoms with E-state index < -0.39 is 11.0 Å². The van der Waals surface area contributed by atoms with Crippen LogP contribution < -0.4 is 4.72 Å². The maximum absolute atomic E-state index is 11.1. The van der Waals surface area contributed by atoms with Crippen LogP contribution in [0.2, 0.25) is 0 Å². The minimum Gasteiger partial charge on any atom is -0.393 e. The average molecular weight is 191 g/mol. The summed E-state index contributed by atoms with van der Waals surface area (Å²) in [5.41, 5.74) is 0. The van der Waals surface area contributed by atoms with Gasteiger partial charge in [-0.2, -0.15) is 0 Å². The summed E-state index contributed by atoms with van der Waals surface area (Å²) in [6.07, 6.45) is 3.47. The van der Waals surface area contributed by atoms with Crippen LogP contribution in [0.25, 0.3) is 0 Å². The third kappa shape index (κ3) is 3.21. The van der Waals surface area contributed by atoms with Crippen molar-refractivity contribution < 1.29 is 9.32 Å². The largest absolute Gasteiger partial charge is 0.393 e. The van der Waals surface area contributed by atoms with Gasteiger partial charge in [0.1, 0.15) is 0 Å². The minimum atomic E-state index is -0.867.